The summed E-state index contributed by atoms with van der Waals surface area (Å²) in [4.78, 5) is 62.3. The van der Waals surface area contributed by atoms with E-state index in [9.17, 15) is 38.8 Å². The first-order valence-electron chi connectivity index (χ1n) is 10.8. The van der Waals surface area contributed by atoms with Crippen LogP contribution in [0.15, 0.2) is 12.7 Å². The van der Waals surface area contributed by atoms with Crippen LogP contribution in [0, 0.1) is 5.41 Å². The molecule has 0 bridgehead atoms. The summed E-state index contributed by atoms with van der Waals surface area (Å²) in [5.74, 6) is 0. The quantitative estimate of drug-likeness (QED) is 0.112. The van der Waals surface area contributed by atoms with Crippen LogP contribution in [0.25, 0.3) is 11.2 Å². The Kier molecular flexibility index (Phi) is 8.86. The van der Waals surface area contributed by atoms with Gasteiger partial charge in [0, 0.05) is 0 Å². The number of aliphatic hydroxyl groups is 3. The zero-order chi connectivity index (χ0) is 29.8. The number of imidazole rings is 1. The van der Waals surface area contributed by atoms with Gasteiger partial charge in [-0.05, 0) is 0 Å². The molecule has 0 aromatic carbocycles. The molecule has 2 aliphatic rings. The number of nitrogens with zero attached hydrogens (tertiary/aromatic N) is 4. The monoisotopic (exact) mass is 639 g/mol. The van der Waals surface area contributed by atoms with Gasteiger partial charge in [-0.3, -0.25) is 28.1 Å². The molecule has 2 fully saturated rings. The van der Waals surface area contributed by atoms with Crippen LogP contribution in [-0.2, 0) is 36.7 Å². The summed E-state index contributed by atoms with van der Waals surface area (Å²) < 4.78 is 59.7. The lowest BCUT2D eigenvalue weighted by molar-refractivity contribution is -0.0546. The lowest BCUT2D eigenvalue weighted by atomic mass is 10.1. The molecule has 22 nitrogen and oxygen atoms in total. The summed E-state index contributed by atoms with van der Waals surface area (Å²) in [7, 11) is -15.2. The lowest BCUT2D eigenvalue weighted by Gasteiger charge is -2.22. The number of nitrogens with one attached hydrogen (secondary N) is 1. The first kappa shape index (κ1) is 31.4. The minimum absolute atomic E-state index is 0.177. The van der Waals surface area contributed by atoms with Crippen molar-refractivity contribution in [1.29, 1.82) is 5.41 Å². The van der Waals surface area contributed by atoms with Crippen LogP contribution in [0.4, 0.5) is 0 Å². The minimum atomic E-state index is -5.25. The molecule has 2 aromatic rings. The fraction of sp³-hybridized carbons (Fsp3) is 0.667. The van der Waals surface area contributed by atoms with Crippen LogP contribution in [0.2, 0.25) is 0 Å². The Hall–Kier alpha value is -1.52. The number of hydrogen-bond acceptors (Lipinski definition) is 14. The van der Waals surface area contributed by atoms with Gasteiger partial charge in [0.05, 0.1) is 19.5 Å². The van der Waals surface area contributed by atoms with Gasteiger partial charge in [-0.2, -0.15) is 0 Å². The van der Waals surface area contributed by atoms with E-state index >= 15 is 0 Å². The number of aliphatic hydroxyl groups excluding tert-OH is 3. The van der Waals surface area contributed by atoms with Crippen LogP contribution in [0.1, 0.15) is 12.5 Å². The minimum Gasteiger partial charge on any atom is -0.387 e. The Morgan fingerprint density at radius 1 is 0.775 bits per heavy atom. The smallest absolute Gasteiger partial charge is 0.387 e. The Labute approximate surface area is 221 Å². The maximum Gasteiger partial charge on any atom is 0.470 e. The van der Waals surface area contributed by atoms with Gasteiger partial charge in [-0.25, -0.2) is 23.7 Å². The van der Waals surface area contributed by atoms with E-state index in [2.05, 4.69) is 23.5 Å². The Morgan fingerprint density at radius 2 is 1.30 bits per heavy atom. The van der Waals surface area contributed by atoms with E-state index in [1.165, 1.54) is 0 Å². The Balaban J connectivity index is 1.64. The fourth-order valence-corrected chi connectivity index (χ4v) is 5.34. The van der Waals surface area contributed by atoms with Gasteiger partial charge in [-0.1, -0.05) is 0 Å². The van der Waals surface area contributed by atoms with Crippen molar-refractivity contribution in [3.8, 4) is 0 Å². The number of fused-ring (bicyclic) bond motifs is 1. The van der Waals surface area contributed by atoms with Crippen molar-refractivity contribution in [3.05, 3.63) is 18.1 Å². The Morgan fingerprint density at radius 3 is 1.85 bits per heavy atom. The fourth-order valence-electron chi connectivity index (χ4n) is 4.12. The molecule has 2 aliphatic heterocycles. The largest absolute Gasteiger partial charge is 0.470 e. The highest BCUT2D eigenvalue weighted by Gasteiger charge is 2.50. The van der Waals surface area contributed by atoms with Crippen LogP contribution >= 0.6 is 23.5 Å². The molecule has 0 amide bonds. The van der Waals surface area contributed by atoms with Gasteiger partial charge in [0.2, 0.25) is 0 Å². The van der Waals surface area contributed by atoms with E-state index in [0.717, 1.165) is 21.8 Å². The molecular formula is C15H24N5O17P3. The predicted molar refractivity (Wildman–Crippen MR) is 120 cm³/mol. The molecule has 0 spiro atoms. The van der Waals surface area contributed by atoms with E-state index in [0.29, 0.717) is 0 Å². The van der Waals surface area contributed by atoms with Gasteiger partial charge < -0.3 is 54.2 Å². The van der Waals surface area contributed by atoms with Gasteiger partial charge in [-0.15, -0.1) is 0 Å². The number of phosphoric ester groups is 3. The third-order valence-corrected chi connectivity index (χ3v) is 7.31. The molecule has 2 saturated heterocycles. The zero-order valence-electron chi connectivity index (χ0n) is 19.6. The average Bonchev–Trinajstić information content (AvgIpc) is 3.46. The zero-order valence-corrected chi connectivity index (χ0v) is 22.3. The van der Waals surface area contributed by atoms with E-state index in [1.54, 1.807) is 0 Å². The van der Waals surface area contributed by atoms with Crippen LogP contribution in [0.5, 0.6) is 0 Å². The summed E-state index contributed by atoms with van der Waals surface area (Å²) in [5, 5.41) is 39.6. The number of aromatic nitrogens is 4. The van der Waals surface area contributed by atoms with Crippen LogP contribution in [0.3, 0.4) is 0 Å². The molecule has 40 heavy (non-hydrogen) atoms. The van der Waals surface area contributed by atoms with E-state index in [4.69, 9.17) is 34.5 Å². The number of phosphoric acid groups is 3. The van der Waals surface area contributed by atoms with Crippen molar-refractivity contribution in [1.82, 2.24) is 19.1 Å². The maximum atomic E-state index is 11.5. The second-order valence-corrected chi connectivity index (χ2v) is 12.2. The van der Waals surface area contributed by atoms with Crippen LogP contribution < -0.4 is 5.49 Å². The maximum absolute atomic E-state index is 11.5. The molecule has 0 aliphatic carbocycles. The molecule has 0 radical (unpaired) electrons. The predicted octanol–water partition coefficient (Wildman–Crippen LogP) is -3.71. The van der Waals surface area contributed by atoms with Crippen LogP contribution in [-0.4, -0.2) is 114 Å². The van der Waals surface area contributed by atoms with E-state index < -0.39 is 91.2 Å². The molecule has 8 atom stereocenters. The summed E-state index contributed by atoms with van der Waals surface area (Å²) in [6, 6.07) is 0. The van der Waals surface area contributed by atoms with Crippen molar-refractivity contribution in [2.24, 2.45) is 0 Å². The van der Waals surface area contributed by atoms with Crippen molar-refractivity contribution in [2.75, 3.05) is 13.2 Å². The standard InChI is InChI=1S/C15H24N5O17P3/c16-12-7-13(18-4-19(12)14-10(23)8(21)5(35-14)1-33-38(24,25)26)20(3-17-7)15-11(37-40(30,31)32)9(22)6(36-15)2-34-39(27,28)29/h3-6,8-11,14-16,21-23H,1-2H2,(H2,24,25,26)(H2,27,28,29)(H2,30,31,32)/t5-,6-,8-,9-,10-,11-,14-,15-/m1/s1. The Bertz CT molecular complexity index is 1430. The number of ether oxygens (including phenoxy) is 2. The van der Waals surface area contributed by atoms with Crippen molar-refractivity contribution < 1.29 is 81.4 Å². The summed E-state index contributed by atoms with van der Waals surface area (Å²) in [6.07, 6.45) is -11.2. The van der Waals surface area contributed by atoms with E-state index in [1.807, 2.05) is 0 Å². The first-order chi connectivity index (χ1) is 18.4. The molecule has 0 unspecified atom stereocenters. The highest BCUT2D eigenvalue weighted by atomic mass is 31.2. The number of rotatable bonds is 10. The molecule has 10 N–H and O–H groups in total. The molecule has 4 rings (SSSR count). The van der Waals surface area contributed by atoms with Crippen molar-refractivity contribution in [3.63, 3.8) is 0 Å². The molecule has 25 heteroatoms. The second kappa shape index (κ2) is 11.3. The molecule has 2 aromatic heterocycles. The third-order valence-electron chi connectivity index (χ3n) is 5.83. The summed E-state index contributed by atoms with van der Waals surface area (Å²) in [6.45, 7) is -1.70. The van der Waals surface area contributed by atoms with Crippen molar-refractivity contribution >= 4 is 34.6 Å². The van der Waals surface area contributed by atoms with Crippen molar-refractivity contribution in [2.45, 2.75) is 49.1 Å². The molecule has 4 heterocycles. The van der Waals surface area contributed by atoms with Gasteiger partial charge >= 0.3 is 23.5 Å². The van der Waals surface area contributed by atoms with Gasteiger partial charge in [0.15, 0.2) is 29.1 Å². The molecule has 226 valence electrons. The summed E-state index contributed by atoms with van der Waals surface area (Å²) in [5.41, 5.74) is -0.877. The van der Waals surface area contributed by atoms with E-state index in [-0.39, 0.29) is 11.2 Å². The third kappa shape index (κ3) is 6.92. The molecular weight excluding hydrogens is 615 g/mol. The average molecular weight is 639 g/mol. The first-order valence-corrected chi connectivity index (χ1v) is 15.4. The normalized spacial score (nSPS) is 31.8. The summed E-state index contributed by atoms with van der Waals surface area (Å²) >= 11 is 0. The lowest BCUT2D eigenvalue weighted by Crippen LogP contribution is -2.36. The topological polar surface area (TPSA) is 339 Å². The van der Waals surface area contributed by atoms with Gasteiger partial charge in [0.25, 0.3) is 0 Å². The molecule has 0 saturated carbocycles. The van der Waals surface area contributed by atoms with Gasteiger partial charge in [0.1, 0.15) is 43.0 Å². The highest BCUT2D eigenvalue weighted by molar-refractivity contribution is 7.46. The highest BCUT2D eigenvalue weighted by Crippen LogP contribution is 2.46. The number of hydrogen-bond donors (Lipinski definition) is 10. The SMILES string of the molecule is N=c1c2ncn([C@@H]3O[C@H](COP(=O)(O)O)[C@@H](O)[C@H]3OP(=O)(O)O)c2ncn1[C@@H]1O[C@H](COP(=O)(O)O)[C@@H](O)[C@H]1O. The second-order valence-electron chi connectivity index (χ2n) is 8.56.